The Kier molecular flexibility index (Phi) is 4.44. The molecule has 0 amide bonds. The van der Waals surface area contributed by atoms with E-state index in [1.54, 1.807) is 24.9 Å². The van der Waals surface area contributed by atoms with Crippen molar-refractivity contribution in [1.29, 1.82) is 0 Å². The zero-order valence-corrected chi connectivity index (χ0v) is 12.6. The number of ether oxygens (including phenoxy) is 2. The zero-order valence-electron chi connectivity index (χ0n) is 11.1. The summed E-state index contributed by atoms with van der Waals surface area (Å²) in [6.45, 7) is 1.93. The molecule has 1 atom stereocenters. The smallest absolute Gasteiger partial charge is 0.408 e. The average molecular weight is 330 g/mol. The Morgan fingerprint density at radius 2 is 2.05 bits per heavy atom. The molecule has 0 saturated carbocycles. The lowest BCUT2D eigenvalue weighted by Crippen LogP contribution is -2.24. The second-order valence-corrected chi connectivity index (χ2v) is 5.25. The van der Waals surface area contributed by atoms with Gasteiger partial charge in [-0.25, -0.2) is 4.79 Å². The minimum atomic E-state index is -0.369. The molecule has 19 heavy (non-hydrogen) atoms. The highest BCUT2D eigenvalue weighted by atomic mass is 79.9. The van der Waals surface area contributed by atoms with Crippen LogP contribution in [0.3, 0.4) is 0 Å². The number of hydrogen-bond acceptors (Lipinski definition) is 4. The van der Waals surface area contributed by atoms with E-state index in [2.05, 4.69) is 15.9 Å². The number of fused-ring (bicyclic) bond motifs is 1. The molecule has 0 aliphatic heterocycles. The summed E-state index contributed by atoms with van der Waals surface area (Å²) in [4.78, 5) is 11.9. The first-order chi connectivity index (χ1) is 9.06. The molecule has 0 bridgehead atoms. The number of rotatable bonds is 5. The zero-order chi connectivity index (χ0) is 14.0. The molecule has 104 valence electrons. The Hall–Kier alpha value is -1.11. The highest BCUT2D eigenvalue weighted by molar-refractivity contribution is 9.10. The number of methoxy groups -OCH3 is 2. The van der Waals surface area contributed by atoms with Gasteiger partial charge in [0.1, 0.15) is 0 Å². The standard InChI is InChI=1S/C13H16BrNO4/c1-8(6-12(17-2)18-3)15-10-7-9(14)4-5-11(10)19-13(15)16/h4-5,7-8,12H,6H2,1-3H3. The van der Waals surface area contributed by atoms with Gasteiger partial charge in [0.2, 0.25) is 0 Å². The molecule has 2 aromatic rings. The van der Waals surface area contributed by atoms with Gasteiger partial charge in [0.05, 0.1) is 5.52 Å². The summed E-state index contributed by atoms with van der Waals surface area (Å²) in [5.41, 5.74) is 1.34. The van der Waals surface area contributed by atoms with E-state index in [-0.39, 0.29) is 18.1 Å². The monoisotopic (exact) mass is 329 g/mol. The van der Waals surface area contributed by atoms with Gasteiger partial charge in [0.15, 0.2) is 11.9 Å². The Bertz CT molecular complexity index is 615. The molecule has 6 heteroatoms. The van der Waals surface area contributed by atoms with Crippen LogP contribution >= 0.6 is 15.9 Å². The van der Waals surface area contributed by atoms with Crippen molar-refractivity contribution < 1.29 is 13.9 Å². The van der Waals surface area contributed by atoms with Crippen LogP contribution in [0.1, 0.15) is 19.4 Å². The molecular formula is C13H16BrNO4. The lowest BCUT2D eigenvalue weighted by Gasteiger charge is -2.19. The van der Waals surface area contributed by atoms with E-state index in [1.807, 2.05) is 19.1 Å². The normalized spacial score (nSPS) is 13.3. The minimum absolute atomic E-state index is 0.0899. The van der Waals surface area contributed by atoms with Crippen LogP contribution in [0.25, 0.3) is 11.1 Å². The molecule has 0 aliphatic rings. The number of oxazole rings is 1. The van der Waals surface area contributed by atoms with Crippen LogP contribution in [-0.2, 0) is 9.47 Å². The highest BCUT2D eigenvalue weighted by Crippen LogP contribution is 2.23. The van der Waals surface area contributed by atoms with Crippen LogP contribution < -0.4 is 5.76 Å². The third-order valence-corrected chi connectivity index (χ3v) is 3.57. The third kappa shape index (κ3) is 2.91. The van der Waals surface area contributed by atoms with Gasteiger partial charge in [-0.1, -0.05) is 15.9 Å². The third-order valence-electron chi connectivity index (χ3n) is 3.07. The molecule has 1 unspecified atom stereocenters. The molecule has 0 radical (unpaired) electrons. The fourth-order valence-corrected chi connectivity index (χ4v) is 2.45. The van der Waals surface area contributed by atoms with Crippen LogP contribution in [0.2, 0.25) is 0 Å². The van der Waals surface area contributed by atoms with Gasteiger partial charge in [-0.3, -0.25) is 4.57 Å². The summed E-state index contributed by atoms with van der Waals surface area (Å²) in [6.07, 6.45) is 0.215. The van der Waals surface area contributed by atoms with Crippen molar-refractivity contribution in [2.24, 2.45) is 0 Å². The second-order valence-electron chi connectivity index (χ2n) is 4.34. The fourth-order valence-electron chi connectivity index (χ4n) is 2.10. The number of halogens is 1. The van der Waals surface area contributed by atoms with Crippen molar-refractivity contribution in [2.45, 2.75) is 25.7 Å². The lowest BCUT2D eigenvalue weighted by molar-refractivity contribution is -0.112. The molecule has 0 fully saturated rings. The van der Waals surface area contributed by atoms with E-state index in [1.165, 1.54) is 0 Å². The van der Waals surface area contributed by atoms with E-state index >= 15 is 0 Å². The van der Waals surface area contributed by atoms with Gasteiger partial charge in [0, 0.05) is 31.2 Å². The van der Waals surface area contributed by atoms with Crippen LogP contribution in [0.15, 0.2) is 31.9 Å². The SMILES string of the molecule is COC(CC(C)n1c(=O)oc2ccc(Br)cc21)OC. The lowest BCUT2D eigenvalue weighted by atomic mass is 10.2. The molecule has 0 spiro atoms. The summed E-state index contributed by atoms with van der Waals surface area (Å²) < 4.78 is 18.1. The summed E-state index contributed by atoms with van der Waals surface area (Å²) in [6, 6.07) is 5.39. The van der Waals surface area contributed by atoms with Crippen molar-refractivity contribution >= 4 is 27.0 Å². The first-order valence-electron chi connectivity index (χ1n) is 5.93. The molecule has 5 nitrogen and oxygen atoms in total. The van der Waals surface area contributed by atoms with E-state index in [4.69, 9.17) is 13.9 Å². The van der Waals surface area contributed by atoms with Crippen LogP contribution in [0.4, 0.5) is 0 Å². The van der Waals surface area contributed by atoms with Crippen molar-refractivity contribution in [2.75, 3.05) is 14.2 Å². The number of nitrogens with zero attached hydrogens (tertiary/aromatic N) is 1. The van der Waals surface area contributed by atoms with Crippen LogP contribution in [-0.4, -0.2) is 25.1 Å². The van der Waals surface area contributed by atoms with Gasteiger partial charge < -0.3 is 13.9 Å². The molecule has 0 aliphatic carbocycles. The summed E-state index contributed by atoms with van der Waals surface area (Å²) in [5.74, 6) is -0.369. The van der Waals surface area contributed by atoms with Crippen LogP contribution in [0, 0.1) is 0 Å². The molecule has 0 saturated heterocycles. The molecular weight excluding hydrogens is 314 g/mol. The number of aromatic nitrogens is 1. The van der Waals surface area contributed by atoms with Crippen molar-refractivity contribution in [1.82, 2.24) is 4.57 Å². The average Bonchev–Trinajstić information content (AvgIpc) is 2.71. The maximum atomic E-state index is 11.9. The second kappa shape index (κ2) is 5.90. The van der Waals surface area contributed by atoms with Gasteiger partial charge in [-0.05, 0) is 25.1 Å². The maximum absolute atomic E-state index is 11.9. The first kappa shape index (κ1) is 14.3. The Morgan fingerprint density at radius 1 is 1.37 bits per heavy atom. The van der Waals surface area contributed by atoms with Crippen LogP contribution in [0.5, 0.6) is 0 Å². The molecule has 2 rings (SSSR count). The number of benzene rings is 1. The summed E-state index contributed by atoms with van der Waals surface area (Å²) in [5, 5.41) is 0. The molecule has 1 aromatic carbocycles. The van der Waals surface area contributed by atoms with E-state index in [0.717, 1.165) is 9.99 Å². The highest BCUT2D eigenvalue weighted by Gasteiger charge is 2.19. The molecule has 0 N–H and O–H groups in total. The van der Waals surface area contributed by atoms with Gasteiger partial charge >= 0.3 is 5.76 Å². The van der Waals surface area contributed by atoms with Crippen molar-refractivity contribution in [3.8, 4) is 0 Å². The van der Waals surface area contributed by atoms with Gasteiger partial charge in [-0.2, -0.15) is 0 Å². The predicted octanol–water partition coefficient (Wildman–Crippen LogP) is 2.93. The molecule has 1 heterocycles. The Balaban J connectivity index is 2.41. The van der Waals surface area contributed by atoms with Gasteiger partial charge in [-0.15, -0.1) is 0 Å². The fraction of sp³-hybridized carbons (Fsp3) is 0.462. The van der Waals surface area contributed by atoms with Crippen molar-refractivity contribution in [3.63, 3.8) is 0 Å². The topological polar surface area (TPSA) is 53.6 Å². The Labute approximate surface area is 119 Å². The minimum Gasteiger partial charge on any atom is -0.408 e. The molecule has 1 aromatic heterocycles. The van der Waals surface area contributed by atoms with E-state index in [9.17, 15) is 4.79 Å². The first-order valence-corrected chi connectivity index (χ1v) is 6.72. The quantitative estimate of drug-likeness (QED) is 0.791. The number of hydrogen-bond donors (Lipinski definition) is 0. The Morgan fingerprint density at radius 3 is 2.68 bits per heavy atom. The van der Waals surface area contributed by atoms with Gasteiger partial charge in [0.25, 0.3) is 0 Å². The van der Waals surface area contributed by atoms with E-state index < -0.39 is 0 Å². The summed E-state index contributed by atoms with van der Waals surface area (Å²) in [7, 11) is 3.15. The summed E-state index contributed by atoms with van der Waals surface area (Å²) >= 11 is 3.40. The van der Waals surface area contributed by atoms with E-state index in [0.29, 0.717) is 12.0 Å². The maximum Gasteiger partial charge on any atom is 0.420 e. The van der Waals surface area contributed by atoms with Crippen molar-refractivity contribution in [3.05, 3.63) is 33.2 Å². The predicted molar refractivity (Wildman–Crippen MR) is 75.3 cm³/mol. The largest absolute Gasteiger partial charge is 0.420 e.